The van der Waals surface area contributed by atoms with Gasteiger partial charge in [-0.25, -0.2) is 14.7 Å². The molecular weight excluding hydrogens is 342 g/mol. The van der Waals surface area contributed by atoms with Crippen LogP contribution in [0.25, 0.3) is 0 Å². The van der Waals surface area contributed by atoms with Crippen molar-refractivity contribution in [1.29, 1.82) is 0 Å². The van der Waals surface area contributed by atoms with E-state index in [1.165, 1.54) is 6.92 Å². The first kappa shape index (κ1) is 23.9. The standard InChI is InChI=1S/C16H33N5O5/c1-6-8-10-17-15(23)25-12(3)19-21(14(5)22)20-13(4)26-16(24)18-11-9-7-2/h12-13,19-20H,6-11H2,1-5H3,(H,17,23)(H,18,24). The molecule has 2 atom stereocenters. The molecule has 3 amide bonds. The molecule has 0 aromatic heterocycles. The number of hydrogen-bond donors (Lipinski definition) is 4. The normalized spacial score (nSPS) is 12.7. The van der Waals surface area contributed by atoms with Crippen LogP contribution in [-0.2, 0) is 14.3 Å². The average Bonchev–Trinajstić information content (AvgIpc) is 2.54. The maximum absolute atomic E-state index is 11.7. The van der Waals surface area contributed by atoms with Gasteiger partial charge < -0.3 is 20.1 Å². The summed E-state index contributed by atoms with van der Waals surface area (Å²) in [6.07, 6.45) is 0.904. The average molecular weight is 375 g/mol. The van der Waals surface area contributed by atoms with Crippen LogP contribution < -0.4 is 21.5 Å². The zero-order chi connectivity index (χ0) is 19.9. The predicted octanol–water partition coefficient (Wildman–Crippen LogP) is 1.59. The van der Waals surface area contributed by atoms with E-state index in [1.54, 1.807) is 13.8 Å². The lowest BCUT2D eigenvalue weighted by atomic mass is 10.3. The molecule has 0 aliphatic heterocycles. The second-order valence-electron chi connectivity index (χ2n) is 5.77. The van der Waals surface area contributed by atoms with E-state index in [0.717, 1.165) is 30.8 Å². The van der Waals surface area contributed by atoms with Gasteiger partial charge in [-0.2, -0.15) is 10.9 Å². The molecule has 0 bridgehead atoms. The van der Waals surface area contributed by atoms with E-state index >= 15 is 0 Å². The number of nitrogens with one attached hydrogen (secondary N) is 4. The van der Waals surface area contributed by atoms with Crippen molar-refractivity contribution in [3.63, 3.8) is 0 Å². The highest BCUT2D eigenvalue weighted by atomic mass is 16.6. The molecule has 0 heterocycles. The van der Waals surface area contributed by atoms with Gasteiger partial charge in [0.2, 0.25) is 5.91 Å². The van der Waals surface area contributed by atoms with Gasteiger partial charge in [-0.05, 0) is 26.7 Å². The van der Waals surface area contributed by atoms with Gasteiger partial charge in [0.15, 0.2) is 12.5 Å². The Morgan fingerprint density at radius 1 is 0.846 bits per heavy atom. The van der Waals surface area contributed by atoms with Crippen LogP contribution >= 0.6 is 0 Å². The molecule has 0 aliphatic rings. The predicted molar refractivity (Wildman–Crippen MR) is 96.5 cm³/mol. The van der Waals surface area contributed by atoms with Gasteiger partial charge >= 0.3 is 12.2 Å². The first-order valence-corrected chi connectivity index (χ1v) is 9.02. The molecule has 0 aromatic carbocycles. The van der Waals surface area contributed by atoms with Gasteiger partial charge in [-0.3, -0.25) is 4.79 Å². The second kappa shape index (κ2) is 14.1. The summed E-state index contributed by atoms with van der Waals surface area (Å²) in [6, 6.07) is 0. The maximum atomic E-state index is 11.7. The van der Waals surface area contributed by atoms with Crippen molar-refractivity contribution in [3.05, 3.63) is 0 Å². The number of hydrogen-bond acceptors (Lipinski definition) is 7. The molecule has 0 spiro atoms. The fourth-order valence-electron chi connectivity index (χ4n) is 1.77. The highest BCUT2D eigenvalue weighted by Crippen LogP contribution is 1.95. The first-order chi connectivity index (χ1) is 12.3. The minimum atomic E-state index is -0.779. The summed E-state index contributed by atoms with van der Waals surface area (Å²) in [5, 5.41) is 6.22. The minimum absolute atomic E-state index is 0.395. The second-order valence-corrected chi connectivity index (χ2v) is 5.77. The number of hydrazine groups is 2. The summed E-state index contributed by atoms with van der Waals surface area (Å²) in [7, 11) is 0. The van der Waals surface area contributed by atoms with Crippen molar-refractivity contribution in [1.82, 2.24) is 26.6 Å². The lowest BCUT2D eigenvalue weighted by molar-refractivity contribution is -0.145. The van der Waals surface area contributed by atoms with E-state index < -0.39 is 30.5 Å². The molecule has 152 valence electrons. The zero-order valence-corrected chi connectivity index (χ0v) is 16.4. The number of ether oxygens (including phenoxy) is 2. The van der Waals surface area contributed by atoms with Crippen molar-refractivity contribution in [3.8, 4) is 0 Å². The summed E-state index contributed by atoms with van der Waals surface area (Å²) in [5.41, 5.74) is 5.34. The Bertz CT molecular complexity index is 403. The lowest BCUT2D eigenvalue weighted by Gasteiger charge is -2.28. The van der Waals surface area contributed by atoms with Gasteiger partial charge in [0, 0.05) is 20.0 Å². The van der Waals surface area contributed by atoms with E-state index in [0.29, 0.717) is 13.1 Å². The van der Waals surface area contributed by atoms with Crippen LogP contribution in [0.3, 0.4) is 0 Å². The molecule has 0 rings (SSSR count). The van der Waals surface area contributed by atoms with Gasteiger partial charge in [0.25, 0.3) is 0 Å². The van der Waals surface area contributed by atoms with Crippen LogP contribution in [0.1, 0.15) is 60.3 Å². The summed E-state index contributed by atoms with van der Waals surface area (Å²) < 4.78 is 10.2. The number of rotatable bonds is 12. The monoisotopic (exact) mass is 375 g/mol. The highest BCUT2D eigenvalue weighted by Gasteiger charge is 2.19. The molecule has 0 fully saturated rings. The Kier molecular flexibility index (Phi) is 13.0. The summed E-state index contributed by atoms with van der Waals surface area (Å²) in [6.45, 7) is 9.52. The van der Waals surface area contributed by atoms with Crippen molar-refractivity contribution >= 4 is 18.1 Å². The van der Waals surface area contributed by atoms with Gasteiger partial charge in [0.05, 0.1) is 0 Å². The number of alkyl carbamates (subject to hydrolysis) is 2. The molecule has 4 N–H and O–H groups in total. The van der Waals surface area contributed by atoms with E-state index in [1.807, 2.05) is 13.8 Å². The quantitative estimate of drug-likeness (QED) is 0.232. The summed E-state index contributed by atoms with van der Waals surface area (Å²) >= 11 is 0. The molecule has 0 saturated heterocycles. The van der Waals surface area contributed by atoms with Crippen molar-refractivity contribution in [2.45, 2.75) is 72.8 Å². The number of amides is 3. The van der Waals surface area contributed by atoms with Gasteiger partial charge in [0.1, 0.15) is 0 Å². The number of unbranched alkanes of at least 4 members (excludes halogenated alkanes) is 2. The van der Waals surface area contributed by atoms with Crippen molar-refractivity contribution in [2.75, 3.05) is 13.1 Å². The molecule has 10 nitrogen and oxygen atoms in total. The topological polar surface area (TPSA) is 121 Å². The molecule has 0 saturated carbocycles. The summed E-state index contributed by atoms with van der Waals surface area (Å²) in [4.78, 5) is 34.9. The highest BCUT2D eigenvalue weighted by molar-refractivity contribution is 5.72. The SMILES string of the molecule is CCCCNC(=O)OC(C)NN(NC(C)OC(=O)NCCCC)C(C)=O. The molecule has 0 aliphatic carbocycles. The Morgan fingerprint density at radius 2 is 1.23 bits per heavy atom. The molecule has 0 aromatic rings. The van der Waals surface area contributed by atoms with Crippen LogP contribution in [0.5, 0.6) is 0 Å². The van der Waals surface area contributed by atoms with Crippen LogP contribution in [0, 0.1) is 0 Å². The Morgan fingerprint density at radius 3 is 1.54 bits per heavy atom. The number of carbonyl (C=O) groups excluding carboxylic acids is 3. The van der Waals surface area contributed by atoms with E-state index in [4.69, 9.17) is 9.47 Å². The van der Waals surface area contributed by atoms with Crippen LogP contribution in [-0.4, -0.2) is 48.8 Å². The van der Waals surface area contributed by atoms with Gasteiger partial charge in [-0.1, -0.05) is 26.7 Å². The Hall–Kier alpha value is -2.07. The summed E-state index contributed by atoms with van der Waals surface area (Å²) in [5.74, 6) is -0.395. The Labute approximate surface area is 155 Å². The first-order valence-electron chi connectivity index (χ1n) is 9.02. The third kappa shape index (κ3) is 12.3. The third-order valence-corrected chi connectivity index (χ3v) is 3.10. The Balaban J connectivity index is 4.31. The van der Waals surface area contributed by atoms with Crippen molar-refractivity contribution < 1.29 is 23.9 Å². The van der Waals surface area contributed by atoms with Crippen LogP contribution in [0.2, 0.25) is 0 Å². The molecule has 2 unspecified atom stereocenters. The largest absolute Gasteiger partial charge is 0.429 e. The fraction of sp³-hybridized carbons (Fsp3) is 0.812. The van der Waals surface area contributed by atoms with Gasteiger partial charge in [-0.15, -0.1) is 0 Å². The number of carbonyl (C=O) groups is 3. The molecular formula is C16H33N5O5. The fourth-order valence-corrected chi connectivity index (χ4v) is 1.77. The molecule has 26 heavy (non-hydrogen) atoms. The lowest BCUT2D eigenvalue weighted by Crippen LogP contribution is -2.58. The molecule has 0 radical (unpaired) electrons. The van der Waals surface area contributed by atoms with Crippen molar-refractivity contribution in [2.24, 2.45) is 0 Å². The maximum Gasteiger partial charge on any atom is 0.408 e. The van der Waals surface area contributed by atoms with E-state index in [-0.39, 0.29) is 0 Å². The number of nitrogens with zero attached hydrogens (tertiary/aromatic N) is 1. The third-order valence-electron chi connectivity index (χ3n) is 3.10. The van der Waals surface area contributed by atoms with E-state index in [9.17, 15) is 14.4 Å². The smallest absolute Gasteiger partial charge is 0.408 e. The minimum Gasteiger partial charge on any atom is -0.429 e. The zero-order valence-electron chi connectivity index (χ0n) is 16.4. The van der Waals surface area contributed by atoms with Crippen LogP contribution in [0.15, 0.2) is 0 Å². The van der Waals surface area contributed by atoms with Crippen LogP contribution in [0.4, 0.5) is 9.59 Å². The van der Waals surface area contributed by atoms with E-state index in [2.05, 4.69) is 21.5 Å². The molecule has 10 heteroatoms.